The molecule has 0 radical (unpaired) electrons. The van der Waals surface area contributed by atoms with Gasteiger partial charge in [0.05, 0.1) is 17.6 Å². The Kier molecular flexibility index (Phi) is 5.82. The van der Waals surface area contributed by atoms with Crippen LogP contribution in [0.15, 0.2) is 41.4 Å². The first kappa shape index (κ1) is 19.0. The predicted octanol–water partition coefficient (Wildman–Crippen LogP) is 5.36. The molecule has 0 bridgehead atoms. The van der Waals surface area contributed by atoms with E-state index in [-0.39, 0.29) is 6.42 Å². The van der Waals surface area contributed by atoms with Crippen molar-refractivity contribution in [2.45, 2.75) is 26.4 Å². The first-order chi connectivity index (χ1) is 11.7. The number of aliphatic imine (C=N–C) groups is 1. The lowest BCUT2D eigenvalue weighted by Crippen LogP contribution is -2.14. The van der Waals surface area contributed by atoms with Crippen molar-refractivity contribution in [2.75, 3.05) is 13.6 Å². The fourth-order valence-electron chi connectivity index (χ4n) is 2.36. The Labute approximate surface area is 144 Å². The number of halogens is 4. The van der Waals surface area contributed by atoms with Crippen molar-refractivity contribution in [3.05, 3.63) is 64.5 Å². The van der Waals surface area contributed by atoms with Crippen LogP contribution in [0.25, 0.3) is 0 Å². The van der Waals surface area contributed by atoms with E-state index in [0.29, 0.717) is 16.8 Å². The molecule has 2 rings (SSSR count). The minimum atomic E-state index is -4.40. The monoisotopic (exact) mass is 352 g/mol. The highest BCUT2D eigenvalue weighted by Gasteiger charge is 2.30. The van der Waals surface area contributed by atoms with Crippen LogP contribution < -0.4 is 0 Å². The van der Waals surface area contributed by atoms with E-state index in [4.69, 9.17) is 0 Å². The van der Waals surface area contributed by atoms with Gasteiger partial charge < -0.3 is 4.90 Å². The normalized spacial score (nSPS) is 12.0. The summed E-state index contributed by atoms with van der Waals surface area (Å²) in [5.74, 6) is -0.459. The van der Waals surface area contributed by atoms with Gasteiger partial charge in [-0.1, -0.05) is 18.2 Å². The number of hydrogen-bond donors (Lipinski definition) is 0. The zero-order valence-electron chi connectivity index (χ0n) is 14.4. The Morgan fingerprint density at radius 1 is 1.16 bits per heavy atom. The number of hydrogen-bond acceptors (Lipinski definition) is 1. The highest BCUT2D eigenvalue weighted by molar-refractivity contribution is 5.64. The Balaban J connectivity index is 2.34. The van der Waals surface area contributed by atoms with Gasteiger partial charge in [-0.25, -0.2) is 9.38 Å². The maximum Gasteiger partial charge on any atom is 0.416 e. The van der Waals surface area contributed by atoms with Crippen LogP contribution in [0.2, 0.25) is 0 Å². The summed E-state index contributed by atoms with van der Waals surface area (Å²) in [6.07, 6.45) is -2.58. The number of nitrogens with zero attached hydrogens (tertiary/aromatic N) is 2. The number of rotatable bonds is 5. The van der Waals surface area contributed by atoms with Crippen LogP contribution in [-0.2, 0) is 12.6 Å². The van der Waals surface area contributed by atoms with E-state index in [0.717, 1.165) is 24.2 Å². The van der Waals surface area contributed by atoms with Crippen LogP contribution >= 0.6 is 0 Å². The van der Waals surface area contributed by atoms with Gasteiger partial charge in [-0.05, 0) is 55.2 Å². The smallest absolute Gasteiger partial charge is 0.366 e. The fourth-order valence-corrected chi connectivity index (χ4v) is 2.36. The third-order valence-electron chi connectivity index (χ3n) is 3.99. The first-order valence-electron chi connectivity index (χ1n) is 7.90. The van der Waals surface area contributed by atoms with Crippen molar-refractivity contribution in [1.82, 2.24) is 4.90 Å². The van der Waals surface area contributed by atoms with Crippen molar-refractivity contribution in [3.8, 4) is 0 Å². The molecule has 6 heteroatoms. The summed E-state index contributed by atoms with van der Waals surface area (Å²) < 4.78 is 52.4. The molecule has 0 fully saturated rings. The van der Waals surface area contributed by atoms with E-state index in [1.54, 1.807) is 19.3 Å². The second kappa shape index (κ2) is 7.68. The fraction of sp³-hybridized carbons (Fsp3) is 0.316. The van der Waals surface area contributed by atoms with Gasteiger partial charge in [-0.2, -0.15) is 13.2 Å². The summed E-state index contributed by atoms with van der Waals surface area (Å²) in [6, 6.07) is 7.76. The van der Waals surface area contributed by atoms with Gasteiger partial charge in [0, 0.05) is 13.6 Å². The molecule has 2 aromatic rings. The Morgan fingerprint density at radius 2 is 1.88 bits per heavy atom. The van der Waals surface area contributed by atoms with Crippen LogP contribution in [0, 0.1) is 12.7 Å². The molecule has 0 heterocycles. The lowest BCUT2D eigenvalue weighted by molar-refractivity contribution is -0.137. The van der Waals surface area contributed by atoms with E-state index in [1.807, 2.05) is 18.9 Å². The van der Waals surface area contributed by atoms with Gasteiger partial charge in [-0.3, -0.25) is 0 Å². The maximum atomic E-state index is 13.9. The Hall–Kier alpha value is -2.37. The molecule has 0 aromatic heterocycles. The first-order valence-corrected chi connectivity index (χ1v) is 7.90. The summed E-state index contributed by atoms with van der Waals surface area (Å²) in [5.41, 5.74) is 1.61. The lowest BCUT2D eigenvalue weighted by Gasteiger charge is -2.13. The van der Waals surface area contributed by atoms with E-state index in [9.17, 15) is 17.6 Å². The van der Waals surface area contributed by atoms with E-state index in [2.05, 4.69) is 4.99 Å². The quantitative estimate of drug-likeness (QED) is 0.402. The molecule has 0 N–H and O–H groups in total. The molecule has 0 atom stereocenters. The molecule has 0 aliphatic rings. The third kappa shape index (κ3) is 5.05. The predicted molar refractivity (Wildman–Crippen MR) is 91.8 cm³/mol. The average molecular weight is 352 g/mol. The molecule has 0 aliphatic carbocycles. The van der Waals surface area contributed by atoms with Crippen molar-refractivity contribution in [3.63, 3.8) is 0 Å². The van der Waals surface area contributed by atoms with Crippen molar-refractivity contribution < 1.29 is 17.6 Å². The van der Waals surface area contributed by atoms with Crippen molar-refractivity contribution >= 4 is 12.0 Å². The maximum absolute atomic E-state index is 13.9. The standard InChI is InChI=1S/C19H20F4N2/c1-4-25(3)12-24-18-11-17(20)10-15(13(18)2)8-14-6-5-7-16(9-14)19(21,22)23/h5-7,9-12H,4,8H2,1-3H3/b24-12+. The van der Waals surface area contributed by atoms with E-state index >= 15 is 0 Å². The minimum absolute atomic E-state index is 0.208. The molecular weight excluding hydrogens is 332 g/mol. The highest BCUT2D eigenvalue weighted by atomic mass is 19.4. The van der Waals surface area contributed by atoms with Gasteiger partial charge in [0.25, 0.3) is 0 Å². The van der Waals surface area contributed by atoms with Crippen LogP contribution in [-0.4, -0.2) is 24.8 Å². The number of alkyl halides is 3. The zero-order chi connectivity index (χ0) is 18.6. The molecule has 2 nitrogen and oxygen atoms in total. The van der Waals surface area contributed by atoms with Crippen LogP contribution in [0.1, 0.15) is 29.2 Å². The molecule has 0 aliphatic heterocycles. The second-order valence-electron chi connectivity index (χ2n) is 5.90. The van der Waals surface area contributed by atoms with Gasteiger partial charge in [0.15, 0.2) is 0 Å². The average Bonchev–Trinajstić information content (AvgIpc) is 2.55. The third-order valence-corrected chi connectivity index (χ3v) is 3.99. The van der Waals surface area contributed by atoms with E-state index < -0.39 is 17.6 Å². The summed E-state index contributed by atoms with van der Waals surface area (Å²) >= 11 is 0. The summed E-state index contributed by atoms with van der Waals surface area (Å²) in [4.78, 5) is 6.12. The molecule has 2 aromatic carbocycles. The highest BCUT2D eigenvalue weighted by Crippen LogP contribution is 2.31. The van der Waals surface area contributed by atoms with Crippen LogP contribution in [0.5, 0.6) is 0 Å². The molecule has 0 amide bonds. The second-order valence-corrected chi connectivity index (χ2v) is 5.90. The Morgan fingerprint density at radius 3 is 2.52 bits per heavy atom. The Bertz CT molecular complexity index is 767. The summed E-state index contributed by atoms with van der Waals surface area (Å²) in [7, 11) is 1.85. The van der Waals surface area contributed by atoms with Crippen LogP contribution in [0.4, 0.5) is 23.2 Å². The molecule has 25 heavy (non-hydrogen) atoms. The molecule has 0 saturated carbocycles. The lowest BCUT2D eigenvalue weighted by atomic mass is 9.98. The van der Waals surface area contributed by atoms with Crippen molar-refractivity contribution in [2.24, 2.45) is 4.99 Å². The molecule has 134 valence electrons. The van der Waals surface area contributed by atoms with Crippen molar-refractivity contribution in [1.29, 1.82) is 0 Å². The summed E-state index contributed by atoms with van der Waals surface area (Å²) in [6.45, 7) is 4.51. The topological polar surface area (TPSA) is 15.6 Å². The van der Waals surface area contributed by atoms with Gasteiger partial charge in [0.2, 0.25) is 0 Å². The molecular formula is C19H20F4N2. The van der Waals surface area contributed by atoms with Gasteiger partial charge >= 0.3 is 6.18 Å². The number of benzene rings is 2. The molecule has 0 unspecified atom stereocenters. The van der Waals surface area contributed by atoms with E-state index in [1.165, 1.54) is 18.2 Å². The molecule has 0 spiro atoms. The largest absolute Gasteiger partial charge is 0.416 e. The molecule has 0 saturated heterocycles. The minimum Gasteiger partial charge on any atom is -0.366 e. The van der Waals surface area contributed by atoms with Gasteiger partial charge in [-0.15, -0.1) is 0 Å². The van der Waals surface area contributed by atoms with Crippen LogP contribution in [0.3, 0.4) is 0 Å². The zero-order valence-corrected chi connectivity index (χ0v) is 14.4. The van der Waals surface area contributed by atoms with Gasteiger partial charge in [0.1, 0.15) is 5.82 Å². The SMILES string of the molecule is CCN(C)/C=N/c1cc(F)cc(Cc2cccc(C(F)(F)F)c2)c1C. The summed E-state index contributed by atoms with van der Waals surface area (Å²) in [5, 5.41) is 0.